The second kappa shape index (κ2) is 5.85. The first-order chi connectivity index (χ1) is 8.08. The minimum atomic E-state index is 0.117. The maximum Gasteiger partial charge on any atom is 0.0545 e. The Bertz CT molecular complexity index is 402. The SMILES string of the molecule is CC(C)(C)NCc1cccc(Cl)c1SC(C)(C)C. The second-order valence-electron chi connectivity index (χ2n) is 6.55. The van der Waals surface area contributed by atoms with Gasteiger partial charge in [0.05, 0.1) is 5.02 Å². The van der Waals surface area contributed by atoms with Crippen molar-refractivity contribution in [1.82, 2.24) is 5.32 Å². The van der Waals surface area contributed by atoms with Crippen LogP contribution in [0.15, 0.2) is 23.1 Å². The maximum atomic E-state index is 6.34. The van der Waals surface area contributed by atoms with Crippen molar-refractivity contribution in [2.24, 2.45) is 0 Å². The van der Waals surface area contributed by atoms with Crippen molar-refractivity contribution in [3.63, 3.8) is 0 Å². The molecule has 102 valence electrons. The minimum Gasteiger partial charge on any atom is -0.308 e. The fourth-order valence-corrected chi connectivity index (χ4v) is 2.83. The standard InChI is InChI=1S/C15H24ClNS/c1-14(2,3)17-10-11-8-7-9-12(16)13(11)18-15(4,5)6/h7-9,17H,10H2,1-6H3. The van der Waals surface area contributed by atoms with Crippen LogP contribution in [0.5, 0.6) is 0 Å². The number of nitrogens with one attached hydrogen (secondary N) is 1. The number of benzene rings is 1. The van der Waals surface area contributed by atoms with E-state index >= 15 is 0 Å². The lowest BCUT2D eigenvalue weighted by molar-refractivity contribution is 0.422. The number of thioether (sulfide) groups is 1. The van der Waals surface area contributed by atoms with Gasteiger partial charge >= 0.3 is 0 Å². The monoisotopic (exact) mass is 285 g/mol. The van der Waals surface area contributed by atoms with Gasteiger partial charge in [-0.05, 0) is 32.4 Å². The molecule has 0 aliphatic heterocycles. The Kier molecular flexibility index (Phi) is 5.16. The van der Waals surface area contributed by atoms with Crippen molar-refractivity contribution in [3.05, 3.63) is 28.8 Å². The van der Waals surface area contributed by atoms with Gasteiger partial charge in [-0.25, -0.2) is 0 Å². The molecule has 1 N–H and O–H groups in total. The third kappa shape index (κ3) is 5.64. The van der Waals surface area contributed by atoms with Gasteiger partial charge in [0.15, 0.2) is 0 Å². The highest BCUT2D eigenvalue weighted by Crippen LogP contribution is 2.38. The zero-order chi connectivity index (χ0) is 14.0. The van der Waals surface area contributed by atoms with Gasteiger partial charge in [0.2, 0.25) is 0 Å². The van der Waals surface area contributed by atoms with Crippen molar-refractivity contribution < 1.29 is 0 Å². The Morgan fingerprint density at radius 2 is 1.72 bits per heavy atom. The molecule has 0 aromatic heterocycles. The largest absolute Gasteiger partial charge is 0.308 e. The van der Waals surface area contributed by atoms with Crippen LogP contribution in [0.3, 0.4) is 0 Å². The fourth-order valence-electron chi connectivity index (χ4n) is 1.47. The first-order valence-corrected chi connectivity index (χ1v) is 7.49. The highest BCUT2D eigenvalue weighted by Gasteiger charge is 2.18. The first-order valence-electron chi connectivity index (χ1n) is 6.30. The summed E-state index contributed by atoms with van der Waals surface area (Å²) in [6.07, 6.45) is 0. The van der Waals surface area contributed by atoms with Crippen LogP contribution in [0.4, 0.5) is 0 Å². The summed E-state index contributed by atoms with van der Waals surface area (Å²) in [6, 6.07) is 6.14. The normalized spacial score (nSPS) is 12.8. The summed E-state index contributed by atoms with van der Waals surface area (Å²) < 4.78 is 0.168. The lowest BCUT2D eigenvalue weighted by atomic mass is 10.1. The van der Waals surface area contributed by atoms with E-state index in [1.54, 1.807) is 0 Å². The molecule has 0 radical (unpaired) electrons. The van der Waals surface area contributed by atoms with Gasteiger partial charge in [0.25, 0.3) is 0 Å². The smallest absolute Gasteiger partial charge is 0.0545 e. The van der Waals surface area contributed by atoms with E-state index < -0.39 is 0 Å². The first kappa shape index (κ1) is 15.9. The molecule has 18 heavy (non-hydrogen) atoms. The van der Waals surface area contributed by atoms with E-state index in [4.69, 9.17) is 11.6 Å². The lowest BCUT2D eigenvalue weighted by Crippen LogP contribution is -2.35. The van der Waals surface area contributed by atoms with Gasteiger partial charge < -0.3 is 5.32 Å². The number of halogens is 1. The average Bonchev–Trinajstić information content (AvgIpc) is 2.16. The van der Waals surface area contributed by atoms with Gasteiger partial charge in [0.1, 0.15) is 0 Å². The van der Waals surface area contributed by atoms with Crippen LogP contribution in [0.2, 0.25) is 5.02 Å². The number of hydrogen-bond acceptors (Lipinski definition) is 2. The highest BCUT2D eigenvalue weighted by molar-refractivity contribution is 8.00. The summed E-state index contributed by atoms with van der Waals surface area (Å²) in [5, 5.41) is 4.37. The molecule has 0 spiro atoms. The number of hydrogen-bond donors (Lipinski definition) is 1. The van der Waals surface area contributed by atoms with Crippen molar-refractivity contribution in [2.75, 3.05) is 0 Å². The summed E-state index contributed by atoms with van der Waals surface area (Å²) >= 11 is 8.17. The predicted octanol–water partition coefficient (Wildman–Crippen LogP) is 5.12. The van der Waals surface area contributed by atoms with E-state index in [-0.39, 0.29) is 10.3 Å². The molecule has 0 fully saturated rings. The van der Waals surface area contributed by atoms with E-state index in [2.05, 4.69) is 52.9 Å². The van der Waals surface area contributed by atoms with Crippen LogP contribution in [-0.4, -0.2) is 10.3 Å². The Morgan fingerprint density at radius 3 is 2.22 bits per heavy atom. The van der Waals surface area contributed by atoms with E-state index in [0.29, 0.717) is 0 Å². The summed E-state index contributed by atoms with van der Waals surface area (Å²) in [6.45, 7) is 14.0. The van der Waals surface area contributed by atoms with Crippen LogP contribution in [0.1, 0.15) is 47.1 Å². The molecule has 1 aromatic rings. The van der Waals surface area contributed by atoms with Crippen LogP contribution in [-0.2, 0) is 6.54 Å². The highest BCUT2D eigenvalue weighted by atomic mass is 35.5. The average molecular weight is 286 g/mol. The van der Waals surface area contributed by atoms with Crippen molar-refractivity contribution in [1.29, 1.82) is 0 Å². The molecule has 0 aliphatic carbocycles. The molecule has 0 heterocycles. The molecular formula is C15H24ClNS. The predicted molar refractivity (Wildman–Crippen MR) is 83.7 cm³/mol. The van der Waals surface area contributed by atoms with Gasteiger partial charge in [-0.15, -0.1) is 11.8 Å². The molecule has 0 saturated carbocycles. The van der Waals surface area contributed by atoms with Crippen molar-refractivity contribution in [3.8, 4) is 0 Å². The molecular weight excluding hydrogens is 262 g/mol. The van der Waals surface area contributed by atoms with Gasteiger partial charge in [0, 0.05) is 21.7 Å². The quantitative estimate of drug-likeness (QED) is 0.774. The van der Waals surface area contributed by atoms with E-state index in [9.17, 15) is 0 Å². The molecule has 0 bridgehead atoms. The summed E-state index contributed by atoms with van der Waals surface area (Å²) in [7, 11) is 0. The summed E-state index contributed by atoms with van der Waals surface area (Å²) in [5.41, 5.74) is 1.39. The van der Waals surface area contributed by atoms with Crippen molar-refractivity contribution >= 4 is 23.4 Å². The molecule has 1 rings (SSSR count). The Balaban J connectivity index is 2.94. The molecule has 0 atom stereocenters. The zero-order valence-electron chi connectivity index (χ0n) is 12.2. The Morgan fingerprint density at radius 1 is 1.11 bits per heavy atom. The molecule has 1 aromatic carbocycles. The molecule has 0 unspecified atom stereocenters. The van der Waals surface area contributed by atoms with E-state index in [1.807, 2.05) is 23.9 Å². The summed E-state index contributed by atoms with van der Waals surface area (Å²) in [5.74, 6) is 0. The Hall–Kier alpha value is -0.180. The lowest BCUT2D eigenvalue weighted by Gasteiger charge is -2.24. The zero-order valence-corrected chi connectivity index (χ0v) is 13.8. The Labute approximate surface area is 121 Å². The van der Waals surface area contributed by atoms with Crippen LogP contribution in [0, 0.1) is 0 Å². The van der Waals surface area contributed by atoms with Crippen LogP contribution < -0.4 is 5.32 Å². The second-order valence-corrected chi connectivity index (χ2v) is 8.79. The van der Waals surface area contributed by atoms with E-state index in [1.165, 1.54) is 10.5 Å². The molecule has 3 heteroatoms. The topological polar surface area (TPSA) is 12.0 Å². The summed E-state index contributed by atoms with van der Waals surface area (Å²) in [4.78, 5) is 1.20. The number of rotatable bonds is 3. The maximum absolute atomic E-state index is 6.34. The third-order valence-electron chi connectivity index (χ3n) is 2.27. The van der Waals surface area contributed by atoms with Crippen LogP contribution >= 0.6 is 23.4 Å². The molecule has 0 amide bonds. The third-order valence-corrected chi connectivity index (χ3v) is 3.99. The van der Waals surface area contributed by atoms with Crippen LogP contribution in [0.25, 0.3) is 0 Å². The minimum absolute atomic E-state index is 0.117. The van der Waals surface area contributed by atoms with Crippen molar-refractivity contribution in [2.45, 2.75) is 63.3 Å². The molecule has 0 saturated heterocycles. The fraction of sp³-hybridized carbons (Fsp3) is 0.600. The van der Waals surface area contributed by atoms with Gasteiger partial charge in [-0.1, -0.05) is 44.5 Å². The molecule has 1 nitrogen and oxygen atoms in total. The van der Waals surface area contributed by atoms with Gasteiger partial charge in [-0.2, -0.15) is 0 Å². The van der Waals surface area contributed by atoms with E-state index in [0.717, 1.165) is 11.6 Å². The molecule has 0 aliphatic rings. The van der Waals surface area contributed by atoms with Gasteiger partial charge in [-0.3, -0.25) is 0 Å².